The molecule has 2 aromatic carbocycles. The van der Waals surface area contributed by atoms with Crippen LogP contribution >= 0.6 is 0 Å². The highest BCUT2D eigenvalue weighted by Gasteiger charge is 2.16. The smallest absolute Gasteiger partial charge is 0.313 e. The largest absolute Gasteiger partial charge is 0.454 e. The highest BCUT2D eigenvalue weighted by Crippen LogP contribution is 2.32. The molecule has 3 rings (SSSR count). The first-order chi connectivity index (χ1) is 11.1. The van der Waals surface area contributed by atoms with E-state index in [1.807, 2.05) is 25.1 Å². The first-order valence-corrected chi connectivity index (χ1v) is 7.16. The minimum atomic E-state index is -0.698. The van der Waals surface area contributed by atoms with Crippen molar-refractivity contribution in [2.75, 3.05) is 12.1 Å². The highest BCUT2D eigenvalue weighted by atomic mass is 16.7. The first kappa shape index (κ1) is 14.9. The van der Waals surface area contributed by atoms with E-state index in [9.17, 15) is 9.59 Å². The van der Waals surface area contributed by atoms with Crippen LogP contribution in [0.2, 0.25) is 0 Å². The number of nitrogens with one attached hydrogen (secondary N) is 2. The Balaban J connectivity index is 1.55. The number of rotatable bonds is 3. The lowest BCUT2D eigenvalue weighted by atomic mass is 10.2. The van der Waals surface area contributed by atoms with Gasteiger partial charge in [-0.1, -0.05) is 18.2 Å². The number of hydrogen-bond acceptors (Lipinski definition) is 4. The maximum Gasteiger partial charge on any atom is 0.313 e. The Kier molecular flexibility index (Phi) is 4.14. The van der Waals surface area contributed by atoms with Crippen LogP contribution in [0.5, 0.6) is 11.5 Å². The zero-order valence-corrected chi connectivity index (χ0v) is 12.6. The van der Waals surface area contributed by atoms with E-state index >= 15 is 0 Å². The molecule has 2 aromatic rings. The summed E-state index contributed by atoms with van der Waals surface area (Å²) in [6, 6.07) is 12.6. The van der Waals surface area contributed by atoms with Gasteiger partial charge in [-0.3, -0.25) is 9.59 Å². The van der Waals surface area contributed by atoms with Crippen molar-refractivity contribution in [1.82, 2.24) is 5.32 Å². The van der Waals surface area contributed by atoms with Gasteiger partial charge in [-0.25, -0.2) is 0 Å². The Morgan fingerprint density at radius 2 is 1.87 bits per heavy atom. The lowest BCUT2D eigenvalue weighted by Crippen LogP contribution is -2.34. The Morgan fingerprint density at radius 3 is 2.70 bits per heavy atom. The Morgan fingerprint density at radius 1 is 1.04 bits per heavy atom. The molecule has 0 saturated carbocycles. The van der Waals surface area contributed by atoms with Gasteiger partial charge in [0.1, 0.15) is 0 Å². The molecule has 0 fully saturated rings. The van der Waals surface area contributed by atoms with Gasteiger partial charge in [0.05, 0.1) is 0 Å². The van der Waals surface area contributed by atoms with Gasteiger partial charge >= 0.3 is 11.8 Å². The van der Waals surface area contributed by atoms with Gasteiger partial charge in [0.15, 0.2) is 11.5 Å². The molecule has 2 N–H and O–H groups in total. The summed E-state index contributed by atoms with van der Waals surface area (Å²) in [5, 5.41) is 5.14. The highest BCUT2D eigenvalue weighted by molar-refractivity contribution is 6.39. The Bertz CT molecular complexity index is 758. The van der Waals surface area contributed by atoms with E-state index in [1.165, 1.54) is 0 Å². The number of anilines is 1. The zero-order valence-electron chi connectivity index (χ0n) is 12.6. The van der Waals surface area contributed by atoms with Gasteiger partial charge in [-0.15, -0.1) is 0 Å². The molecule has 6 nitrogen and oxygen atoms in total. The van der Waals surface area contributed by atoms with E-state index in [-0.39, 0.29) is 13.3 Å². The summed E-state index contributed by atoms with van der Waals surface area (Å²) in [6.07, 6.45) is 0. The van der Waals surface area contributed by atoms with E-state index < -0.39 is 11.8 Å². The van der Waals surface area contributed by atoms with E-state index in [0.717, 1.165) is 11.1 Å². The molecular weight excluding hydrogens is 296 g/mol. The second-order valence-electron chi connectivity index (χ2n) is 5.19. The number of amides is 2. The lowest BCUT2D eigenvalue weighted by molar-refractivity contribution is -0.136. The number of hydrogen-bond donors (Lipinski definition) is 2. The van der Waals surface area contributed by atoms with Crippen molar-refractivity contribution >= 4 is 17.5 Å². The van der Waals surface area contributed by atoms with Crippen molar-refractivity contribution in [2.45, 2.75) is 13.5 Å². The zero-order chi connectivity index (χ0) is 16.2. The van der Waals surface area contributed by atoms with Crippen LogP contribution in [0.15, 0.2) is 42.5 Å². The predicted molar refractivity (Wildman–Crippen MR) is 84.2 cm³/mol. The van der Waals surface area contributed by atoms with Crippen molar-refractivity contribution in [3.63, 3.8) is 0 Å². The van der Waals surface area contributed by atoms with Crippen LogP contribution in [0, 0.1) is 6.92 Å². The number of benzene rings is 2. The van der Waals surface area contributed by atoms with Crippen LogP contribution in [0.3, 0.4) is 0 Å². The van der Waals surface area contributed by atoms with Gasteiger partial charge < -0.3 is 20.1 Å². The van der Waals surface area contributed by atoms with E-state index in [1.54, 1.807) is 24.3 Å². The van der Waals surface area contributed by atoms with Gasteiger partial charge in [-0.05, 0) is 42.3 Å². The maximum atomic E-state index is 11.9. The molecule has 0 atom stereocenters. The molecular formula is C17H16N2O4. The van der Waals surface area contributed by atoms with Crippen LogP contribution < -0.4 is 20.1 Å². The van der Waals surface area contributed by atoms with Crippen molar-refractivity contribution in [3.05, 3.63) is 53.6 Å². The van der Waals surface area contributed by atoms with Crippen LogP contribution in [0.25, 0.3) is 0 Å². The molecule has 23 heavy (non-hydrogen) atoms. The summed E-state index contributed by atoms with van der Waals surface area (Å²) in [4.78, 5) is 23.7. The number of aryl methyl sites for hydroxylation is 1. The summed E-state index contributed by atoms with van der Waals surface area (Å²) in [6.45, 7) is 2.34. The molecule has 6 heteroatoms. The van der Waals surface area contributed by atoms with E-state index in [2.05, 4.69) is 10.6 Å². The average molecular weight is 312 g/mol. The molecule has 0 bridgehead atoms. The molecule has 118 valence electrons. The van der Waals surface area contributed by atoms with Crippen molar-refractivity contribution < 1.29 is 19.1 Å². The Hall–Kier alpha value is -3.02. The number of ether oxygens (including phenoxy) is 2. The molecule has 1 heterocycles. The molecule has 1 aliphatic rings. The number of fused-ring (bicyclic) bond motifs is 1. The fourth-order valence-corrected chi connectivity index (χ4v) is 2.22. The summed E-state index contributed by atoms with van der Waals surface area (Å²) in [5.74, 6) is -0.0706. The SMILES string of the molecule is Cc1cccc(NC(=O)C(=O)NCc2ccc3c(c2)OCO3)c1. The molecule has 0 aromatic heterocycles. The third-order valence-electron chi connectivity index (χ3n) is 3.37. The third kappa shape index (κ3) is 3.60. The molecule has 1 aliphatic heterocycles. The fourth-order valence-electron chi connectivity index (χ4n) is 2.22. The number of carbonyl (C=O) groups is 2. The second kappa shape index (κ2) is 6.39. The average Bonchev–Trinajstić information content (AvgIpc) is 3.00. The topological polar surface area (TPSA) is 76.7 Å². The summed E-state index contributed by atoms with van der Waals surface area (Å²) >= 11 is 0. The van der Waals surface area contributed by atoms with E-state index in [0.29, 0.717) is 17.2 Å². The monoisotopic (exact) mass is 312 g/mol. The molecule has 0 saturated heterocycles. The molecule has 0 radical (unpaired) electrons. The molecule has 0 spiro atoms. The van der Waals surface area contributed by atoms with Crippen LogP contribution in [0.1, 0.15) is 11.1 Å². The Labute approximate surface area is 133 Å². The second-order valence-corrected chi connectivity index (χ2v) is 5.19. The molecule has 2 amide bonds. The van der Waals surface area contributed by atoms with Crippen LogP contribution in [-0.2, 0) is 16.1 Å². The molecule has 0 unspecified atom stereocenters. The van der Waals surface area contributed by atoms with Gasteiger partial charge in [-0.2, -0.15) is 0 Å². The molecule has 0 aliphatic carbocycles. The number of carbonyl (C=O) groups excluding carboxylic acids is 2. The van der Waals surface area contributed by atoms with E-state index in [4.69, 9.17) is 9.47 Å². The minimum Gasteiger partial charge on any atom is -0.454 e. The predicted octanol–water partition coefficient (Wildman–Crippen LogP) is 1.98. The maximum absolute atomic E-state index is 11.9. The quantitative estimate of drug-likeness (QED) is 0.850. The van der Waals surface area contributed by atoms with Crippen molar-refractivity contribution in [2.24, 2.45) is 0 Å². The normalized spacial score (nSPS) is 11.9. The van der Waals surface area contributed by atoms with Gasteiger partial charge in [0, 0.05) is 12.2 Å². The third-order valence-corrected chi connectivity index (χ3v) is 3.37. The summed E-state index contributed by atoms with van der Waals surface area (Å²) in [5.41, 5.74) is 2.42. The van der Waals surface area contributed by atoms with Crippen molar-refractivity contribution in [3.8, 4) is 11.5 Å². The first-order valence-electron chi connectivity index (χ1n) is 7.16. The summed E-state index contributed by atoms with van der Waals surface area (Å²) < 4.78 is 10.5. The minimum absolute atomic E-state index is 0.198. The van der Waals surface area contributed by atoms with Crippen LogP contribution in [-0.4, -0.2) is 18.6 Å². The lowest BCUT2D eigenvalue weighted by Gasteiger charge is -2.07. The van der Waals surface area contributed by atoms with Crippen LogP contribution in [0.4, 0.5) is 5.69 Å². The fraction of sp³-hybridized carbons (Fsp3) is 0.176. The summed E-state index contributed by atoms with van der Waals surface area (Å²) in [7, 11) is 0. The standard InChI is InChI=1S/C17H16N2O4/c1-11-3-2-4-13(7-11)19-17(21)16(20)18-9-12-5-6-14-15(8-12)23-10-22-14/h2-8H,9-10H2,1H3,(H,18,20)(H,19,21). The van der Waals surface area contributed by atoms with Gasteiger partial charge in [0.25, 0.3) is 0 Å². The van der Waals surface area contributed by atoms with Gasteiger partial charge in [0.2, 0.25) is 6.79 Å². The van der Waals surface area contributed by atoms with Crippen molar-refractivity contribution in [1.29, 1.82) is 0 Å².